The highest BCUT2D eigenvalue weighted by Crippen LogP contribution is 2.43. The molecule has 1 aliphatic heterocycles. The van der Waals surface area contributed by atoms with Crippen molar-refractivity contribution in [2.45, 2.75) is 25.9 Å². The van der Waals surface area contributed by atoms with Gasteiger partial charge in [-0.1, -0.05) is 24.3 Å². The number of thiocarbonyl (C=S) groups is 1. The highest BCUT2D eigenvalue weighted by molar-refractivity contribution is 7.80. The molecule has 1 saturated heterocycles. The molecule has 0 saturated carbocycles. The van der Waals surface area contributed by atoms with E-state index in [1.54, 1.807) is 0 Å². The molecule has 1 aliphatic rings. The van der Waals surface area contributed by atoms with Gasteiger partial charge in [0.2, 0.25) is 0 Å². The van der Waals surface area contributed by atoms with Gasteiger partial charge in [-0.05, 0) is 86.2 Å². The number of hydrogen-bond acceptors (Lipinski definition) is 4. The van der Waals surface area contributed by atoms with Crippen LogP contribution in [0.1, 0.15) is 34.7 Å². The molecule has 0 spiro atoms. The molecule has 7 nitrogen and oxygen atoms in total. The molecule has 3 heterocycles. The highest BCUT2D eigenvalue weighted by atomic mass is 32.1. The number of amides is 1. The van der Waals surface area contributed by atoms with Gasteiger partial charge in [0, 0.05) is 36.0 Å². The fourth-order valence-electron chi connectivity index (χ4n) is 4.70. The van der Waals surface area contributed by atoms with E-state index in [0.717, 1.165) is 11.4 Å². The van der Waals surface area contributed by atoms with Crippen LogP contribution in [0, 0.1) is 13.8 Å². The first-order valence-corrected chi connectivity index (χ1v) is 12.5. The largest absolute Gasteiger partial charge is 0.484 e. The smallest absolute Gasteiger partial charge is 0.262 e. The number of carbonyl (C=O) groups is 1. The molecule has 37 heavy (non-hydrogen) atoms. The van der Waals surface area contributed by atoms with E-state index in [0.29, 0.717) is 16.5 Å². The summed E-state index contributed by atoms with van der Waals surface area (Å²) in [4.78, 5) is 19.2. The van der Waals surface area contributed by atoms with Crippen LogP contribution in [0.25, 0.3) is 0 Å². The van der Waals surface area contributed by atoms with Crippen LogP contribution in [-0.4, -0.2) is 27.2 Å². The first-order chi connectivity index (χ1) is 17.9. The molecule has 4 aromatic rings. The number of para-hydroxylation sites is 1. The number of aryl methyl sites for hydroxylation is 1. The summed E-state index contributed by atoms with van der Waals surface area (Å²) in [5.74, 6) is 0.432. The predicted molar refractivity (Wildman–Crippen MR) is 150 cm³/mol. The zero-order chi connectivity index (χ0) is 25.9. The molecule has 0 unspecified atom stereocenters. The summed E-state index contributed by atoms with van der Waals surface area (Å²) in [6, 6.07) is 25.0. The first kappa shape index (κ1) is 24.5. The van der Waals surface area contributed by atoms with Crippen LogP contribution >= 0.6 is 12.2 Å². The number of pyridine rings is 1. The maximum absolute atomic E-state index is 12.4. The van der Waals surface area contributed by atoms with Crippen LogP contribution in [0.5, 0.6) is 5.75 Å². The second kappa shape index (κ2) is 10.4. The summed E-state index contributed by atoms with van der Waals surface area (Å²) in [7, 11) is 2.08. The molecule has 1 amide bonds. The quantitative estimate of drug-likeness (QED) is 0.331. The SMILES string of the molecule is Cc1cc([C@@H]2[C@@H](c3ccccn3)NC(=S)N2c2ccc(NC(=O)COc3ccccc3)cc2)c(C)n1C. The van der Waals surface area contributed by atoms with Gasteiger partial charge in [-0.3, -0.25) is 9.78 Å². The Morgan fingerprint density at radius 1 is 1.05 bits per heavy atom. The van der Waals surface area contributed by atoms with Crippen molar-refractivity contribution in [1.82, 2.24) is 14.9 Å². The van der Waals surface area contributed by atoms with Gasteiger partial charge in [0.25, 0.3) is 5.91 Å². The molecule has 188 valence electrons. The summed E-state index contributed by atoms with van der Waals surface area (Å²) in [6.07, 6.45) is 1.81. The Hall–Kier alpha value is -4.17. The van der Waals surface area contributed by atoms with E-state index >= 15 is 0 Å². The fourth-order valence-corrected chi connectivity index (χ4v) is 5.05. The van der Waals surface area contributed by atoms with Gasteiger partial charge < -0.3 is 24.8 Å². The van der Waals surface area contributed by atoms with Crippen LogP contribution in [0.4, 0.5) is 11.4 Å². The number of benzene rings is 2. The van der Waals surface area contributed by atoms with Gasteiger partial charge >= 0.3 is 0 Å². The van der Waals surface area contributed by atoms with E-state index in [4.69, 9.17) is 17.0 Å². The van der Waals surface area contributed by atoms with Crippen LogP contribution in [0.2, 0.25) is 0 Å². The third-order valence-corrected chi connectivity index (χ3v) is 7.09. The lowest BCUT2D eigenvalue weighted by atomic mass is 9.96. The Kier molecular flexibility index (Phi) is 6.92. The molecule has 2 atom stereocenters. The van der Waals surface area contributed by atoms with E-state index in [1.807, 2.05) is 79.0 Å². The number of aromatic nitrogens is 2. The summed E-state index contributed by atoms with van der Waals surface area (Å²) >= 11 is 5.84. The van der Waals surface area contributed by atoms with Gasteiger partial charge in [-0.2, -0.15) is 0 Å². The van der Waals surface area contributed by atoms with Crippen molar-refractivity contribution in [1.29, 1.82) is 0 Å². The third-order valence-electron chi connectivity index (χ3n) is 6.77. The Morgan fingerprint density at radius 2 is 1.78 bits per heavy atom. The lowest BCUT2D eigenvalue weighted by Crippen LogP contribution is -2.29. The lowest BCUT2D eigenvalue weighted by Gasteiger charge is -2.28. The zero-order valence-electron chi connectivity index (χ0n) is 21.0. The Bertz CT molecular complexity index is 1400. The maximum atomic E-state index is 12.4. The number of anilines is 2. The van der Waals surface area contributed by atoms with Crippen molar-refractivity contribution in [2.75, 3.05) is 16.8 Å². The molecular weight excluding hydrogens is 482 g/mol. The molecule has 0 aliphatic carbocycles. The van der Waals surface area contributed by atoms with Crippen molar-refractivity contribution in [3.63, 3.8) is 0 Å². The van der Waals surface area contributed by atoms with Gasteiger partial charge in [-0.25, -0.2) is 0 Å². The molecule has 5 rings (SSSR count). The highest BCUT2D eigenvalue weighted by Gasteiger charge is 2.42. The summed E-state index contributed by atoms with van der Waals surface area (Å²) in [6.45, 7) is 4.18. The van der Waals surface area contributed by atoms with Crippen LogP contribution in [-0.2, 0) is 11.8 Å². The summed E-state index contributed by atoms with van der Waals surface area (Å²) in [5.41, 5.74) is 6.11. The second-order valence-corrected chi connectivity index (χ2v) is 9.47. The number of nitrogens with zero attached hydrogens (tertiary/aromatic N) is 3. The first-order valence-electron chi connectivity index (χ1n) is 12.1. The fraction of sp³-hybridized carbons (Fsp3) is 0.207. The van der Waals surface area contributed by atoms with Crippen molar-refractivity contribution in [2.24, 2.45) is 7.05 Å². The van der Waals surface area contributed by atoms with Gasteiger partial charge in [0.15, 0.2) is 11.7 Å². The number of rotatable bonds is 7. The predicted octanol–water partition coefficient (Wildman–Crippen LogP) is 5.23. The van der Waals surface area contributed by atoms with Gasteiger partial charge in [0.05, 0.1) is 17.8 Å². The Morgan fingerprint density at radius 3 is 2.43 bits per heavy atom. The number of nitrogens with one attached hydrogen (secondary N) is 2. The average molecular weight is 512 g/mol. The monoisotopic (exact) mass is 511 g/mol. The average Bonchev–Trinajstić information content (AvgIpc) is 3.39. The second-order valence-electron chi connectivity index (χ2n) is 9.08. The van der Waals surface area contributed by atoms with Gasteiger partial charge in [-0.15, -0.1) is 0 Å². The molecular formula is C29H29N5O2S. The van der Waals surface area contributed by atoms with E-state index in [9.17, 15) is 4.79 Å². The van der Waals surface area contributed by atoms with Crippen molar-refractivity contribution < 1.29 is 9.53 Å². The lowest BCUT2D eigenvalue weighted by molar-refractivity contribution is -0.118. The Labute approximate surface area is 222 Å². The molecule has 0 bridgehead atoms. The molecule has 2 N–H and O–H groups in total. The van der Waals surface area contributed by atoms with E-state index in [1.165, 1.54) is 17.0 Å². The molecule has 1 fully saturated rings. The number of carbonyl (C=O) groups excluding carboxylic acids is 1. The van der Waals surface area contributed by atoms with Crippen LogP contribution < -0.4 is 20.3 Å². The van der Waals surface area contributed by atoms with Gasteiger partial charge in [0.1, 0.15) is 5.75 Å². The zero-order valence-corrected chi connectivity index (χ0v) is 21.8. The molecule has 2 aromatic heterocycles. The van der Waals surface area contributed by atoms with Crippen molar-refractivity contribution >= 4 is 34.6 Å². The minimum atomic E-state index is -0.224. The van der Waals surface area contributed by atoms with Crippen LogP contribution in [0.3, 0.4) is 0 Å². The summed E-state index contributed by atoms with van der Waals surface area (Å²) in [5, 5.41) is 7.03. The molecule has 2 aromatic carbocycles. The normalized spacial score (nSPS) is 16.9. The minimum Gasteiger partial charge on any atom is -0.484 e. The molecule has 8 heteroatoms. The summed E-state index contributed by atoms with van der Waals surface area (Å²) < 4.78 is 7.74. The van der Waals surface area contributed by atoms with Crippen LogP contribution in [0.15, 0.2) is 85.1 Å². The minimum absolute atomic E-state index is 0.0631. The topological polar surface area (TPSA) is 71.4 Å². The number of hydrogen-bond donors (Lipinski definition) is 2. The van der Waals surface area contributed by atoms with E-state index in [-0.39, 0.29) is 24.6 Å². The molecule has 0 radical (unpaired) electrons. The standard InChI is InChI=1S/C29H29N5O2S/c1-19-17-24(20(2)33(19)3)28-27(25-11-7-8-16-30-25)32-29(37)34(28)22-14-12-21(13-15-22)31-26(35)18-36-23-9-5-4-6-10-23/h4-17,27-28H,18H2,1-3H3,(H,31,35)(H,32,37)/t27-,28-/m1/s1. The Balaban J connectivity index is 1.39. The number of ether oxygens (including phenoxy) is 1. The maximum Gasteiger partial charge on any atom is 0.262 e. The van der Waals surface area contributed by atoms with Crippen molar-refractivity contribution in [3.05, 3.63) is 108 Å². The van der Waals surface area contributed by atoms with E-state index in [2.05, 4.69) is 52.0 Å². The third kappa shape index (κ3) is 5.06. The van der Waals surface area contributed by atoms with Crippen molar-refractivity contribution in [3.8, 4) is 5.75 Å². The van der Waals surface area contributed by atoms with E-state index < -0.39 is 0 Å².